The van der Waals surface area contributed by atoms with E-state index < -0.39 is 5.60 Å². The molecule has 1 rings (SSSR count). The lowest BCUT2D eigenvalue weighted by molar-refractivity contribution is -0.143. The lowest BCUT2D eigenvalue weighted by Crippen LogP contribution is -2.32. The molecule has 70 valence electrons. The van der Waals surface area contributed by atoms with Gasteiger partial charge < -0.3 is 15.2 Å². The predicted octanol–water partition coefficient (Wildman–Crippen LogP) is -0.313. The number of methoxy groups -OCH3 is 1. The van der Waals surface area contributed by atoms with Crippen molar-refractivity contribution in [3.8, 4) is 0 Å². The number of aliphatic hydroxyl groups is 1. The Morgan fingerprint density at radius 1 is 1.92 bits per heavy atom. The number of ether oxygens (including phenoxy) is 1. The molecule has 0 spiro atoms. The molecule has 1 aliphatic heterocycles. The van der Waals surface area contributed by atoms with Crippen LogP contribution >= 0.6 is 22.6 Å². The van der Waals surface area contributed by atoms with Crippen LogP contribution in [0.5, 0.6) is 0 Å². The van der Waals surface area contributed by atoms with Gasteiger partial charge in [0.25, 0.3) is 0 Å². The summed E-state index contributed by atoms with van der Waals surface area (Å²) in [5, 5.41) is 12.7. The third kappa shape index (κ3) is 2.08. The van der Waals surface area contributed by atoms with Crippen molar-refractivity contribution >= 4 is 28.6 Å². The fraction of sp³-hybridized carbons (Fsp3) is 0.857. The third-order valence-corrected chi connectivity index (χ3v) is 3.42. The van der Waals surface area contributed by atoms with Gasteiger partial charge in [0, 0.05) is 17.4 Å². The fourth-order valence-corrected chi connectivity index (χ4v) is 1.83. The van der Waals surface area contributed by atoms with Crippen molar-refractivity contribution < 1.29 is 14.6 Å². The minimum atomic E-state index is -0.737. The van der Waals surface area contributed by atoms with Crippen LogP contribution in [-0.4, -0.2) is 40.8 Å². The highest BCUT2D eigenvalue weighted by atomic mass is 127. The molecule has 0 bridgehead atoms. The maximum Gasteiger partial charge on any atom is 0.322 e. The fourth-order valence-electron chi connectivity index (χ4n) is 1.25. The van der Waals surface area contributed by atoms with Crippen LogP contribution < -0.4 is 5.32 Å². The number of hydrogen-bond donors (Lipinski definition) is 2. The predicted molar refractivity (Wildman–Crippen MR) is 52.3 cm³/mol. The molecule has 5 heteroatoms. The Morgan fingerprint density at radius 2 is 2.58 bits per heavy atom. The van der Waals surface area contributed by atoms with Crippen LogP contribution in [0.1, 0.15) is 6.42 Å². The molecule has 2 N–H and O–H groups in total. The van der Waals surface area contributed by atoms with Crippen molar-refractivity contribution in [2.75, 3.05) is 18.1 Å². The zero-order valence-electron chi connectivity index (χ0n) is 6.84. The summed E-state index contributed by atoms with van der Waals surface area (Å²) in [6.45, 7) is 0.468. The van der Waals surface area contributed by atoms with Crippen LogP contribution in [0.4, 0.5) is 0 Å². The standard InChI is InChI=1S/C7H12INO3/c1-12-6(10)5-2-7(11,3-8)4-9-5/h5,9,11H,2-4H2,1H3/t5-,7+/m0/s1. The minimum absolute atomic E-state index is 0.296. The number of alkyl halides is 1. The quantitative estimate of drug-likeness (QED) is 0.415. The van der Waals surface area contributed by atoms with E-state index in [0.29, 0.717) is 17.4 Å². The highest BCUT2D eigenvalue weighted by Gasteiger charge is 2.39. The summed E-state index contributed by atoms with van der Waals surface area (Å²) in [7, 11) is 1.35. The summed E-state index contributed by atoms with van der Waals surface area (Å²) < 4.78 is 5.19. The Labute approximate surface area is 84.8 Å². The molecule has 0 aromatic rings. The second-order valence-electron chi connectivity index (χ2n) is 3.02. The summed E-state index contributed by atoms with van der Waals surface area (Å²) in [4.78, 5) is 11.0. The number of halogens is 1. The van der Waals surface area contributed by atoms with Crippen molar-refractivity contribution in [1.29, 1.82) is 0 Å². The lowest BCUT2D eigenvalue weighted by atomic mass is 10.0. The summed E-state index contributed by atoms with van der Waals surface area (Å²) in [5.41, 5.74) is -0.737. The maximum absolute atomic E-state index is 11.0. The molecule has 0 radical (unpaired) electrons. The normalized spacial score (nSPS) is 35.1. The van der Waals surface area contributed by atoms with Crippen LogP contribution in [0.25, 0.3) is 0 Å². The molecule has 2 atom stereocenters. The molecule has 1 heterocycles. The zero-order valence-corrected chi connectivity index (χ0v) is 9.00. The minimum Gasteiger partial charge on any atom is -0.468 e. The van der Waals surface area contributed by atoms with E-state index in [0.717, 1.165) is 0 Å². The molecular formula is C7H12INO3. The van der Waals surface area contributed by atoms with Gasteiger partial charge in [0.2, 0.25) is 0 Å². The smallest absolute Gasteiger partial charge is 0.322 e. The monoisotopic (exact) mass is 285 g/mol. The van der Waals surface area contributed by atoms with Crippen LogP contribution in [0, 0.1) is 0 Å². The van der Waals surface area contributed by atoms with Crippen molar-refractivity contribution in [3.63, 3.8) is 0 Å². The Morgan fingerprint density at radius 3 is 3.00 bits per heavy atom. The average molecular weight is 285 g/mol. The van der Waals surface area contributed by atoms with E-state index in [1.54, 1.807) is 0 Å². The van der Waals surface area contributed by atoms with Gasteiger partial charge >= 0.3 is 5.97 Å². The van der Waals surface area contributed by atoms with Crippen LogP contribution in [0.3, 0.4) is 0 Å². The van der Waals surface area contributed by atoms with E-state index in [4.69, 9.17) is 0 Å². The van der Waals surface area contributed by atoms with E-state index in [1.165, 1.54) is 7.11 Å². The number of β-amino-alcohol motifs (C(OH)–C–C–N with tert-alkyl or cyclic N) is 1. The number of rotatable bonds is 2. The molecule has 0 aromatic heterocycles. The molecule has 0 aromatic carbocycles. The van der Waals surface area contributed by atoms with Gasteiger partial charge in [-0.25, -0.2) is 0 Å². The highest BCUT2D eigenvalue weighted by Crippen LogP contribution is 2.21. The first-order valence-electron chi connectivity index (χ1n) is 3.71. The molecule has 0 amide bonds. The second kappa shape index (κ2) is 3.89. The van der Waals surface area contributed by atoms with Gasteiger partial charge in [0.15, 0.2) is 0 Å². The summed E-state index contributed by atoms with van der Waals surface area (Å²) in [6.07, 6.45) is 0.447. The van der Waals surface area contributed by atoms with Gasteiger partial charge in [0.1, 0.15) is 6.04 Å². The van der Waals surface area contributed by atoms with Gasteiger partial charge in [-0.05, 0) is 0 Å². The van der Waals surface area contributed by atoms with Crippen LogP contribution in [0.2, 0.25) is 0 Å². The van der Waals surface area contributed by atoms with E-state index in [1.807, 2.05) is 0 Å². The first kappa shape index (κ1) is 10.2. The number of nitrogens with one attached hydrogen (secondary N) is 1. The molecule has 4 nitrogen and oxygen atoms in total. The number of carbonyl (C=O) groups is 1. The molecular weight excluding hydrogens is 273 g/mol. The van der Waals surface area contributed by atoms with Gasteiger partial charge in [-0.2, -0.15) is 0 Å². The molecule has 0 unspecified atom stereocenters. The third-order valence-electron chi connectivity index (χ3n) is 2.00. The Kier molecular flexibility index (Phi) is 3.30. The van der Waals surface area contributed by atoms with Crippen molar-refractivity contribution in [3.05, 3.63) is 0 Å². The van der Waals surface area contributed by atoms with Crippen LogP contribution in [0.15, 0.2) is 0 Å². The van der Waals surface area contributed by atoms with Crippen molar-refractivity contribution in [1.82, 2.24) is 5.32 Å². The van der Waals surface area contributed by atoms with Gasteiger partial charge in [-0.3, -0.25) is 4.79 Å². The van der Waals surface area contributed by atoms with E-state index in [9.17, 15) is 9.90 Å². The van der Waals surface area contributed by atoms with E-state index in [-0.39, 0.29) is 12.0 Å². The summed E-state index contributed by atoms with van der Waals surface area (Å²) in [6, 6.07) is -0.338. The zero-order chi connectivity index (χ0) is 9.19. The topological polar surface area (TPSA) is 58.6 Å². The molecule has 1 aliphatic rings. The average Bonchev–Trinajstić information content (AvgIpc) is 2.48. The van der Waals surface area contributed by atoms with Crippen molar-refractivity contribution in [2.45, 2.75) is 18.1 Å². The highest BCUT2D eigenvalue weighted by molar-refractivity contribution is 14.1. The lowest BCUT2D eigenvalue weighted by Gasteiger charge is -2.17. The molecule has 1 fully saturated rings. The summed E-state index contributed by atoms with van der Waals surface area (Å²) >= 11 is 2.11. The van der Waals surface area contributed by atoms with Gasteiger partial charge in [-0.15, -0.1) is 0 Å². The number of esters is 1. The largest absolute Gasteiger partial charge is 0.468 e. The molecule has 0 saturated carbocycles. The van der Waals surface area contributed by atoms with Gasteiger partial charge in [-0.1, -0.05) is 22.6 Å². The molecule has 0 aliphatic carbocycles. The second-order valence-corrected chi connectivity index (χ2v) is 3.78. The number of carbonyl (C=O) groups excluding carboxylic acids is 1. The van der Waals surface area contributed by atoms with E-state index >= 15 is 0 Å². The first-order valence-corrected chi connectivity index (χ1v) is 5.23. The Hall–Kier alpha value is 0.120. The maximum atomic E-state index is 11.0. The molecule has 12 heavy (non-hydrogen) atoms. The van der Waals surface area contributed by atoms with Crippen LogP contribution in [-0.2, 0) is 9.53 Å². The van der Waals surface area contributed by atoms with Crippen molar-refractivity contribution in [2.24, 2.45) is 0 Å². The molecule has 1 saturated heterocycles. The number of hydrogen-bond acceptors (Lipinski definition) is 4. The summed E-state index contributed by atoms with van der Waals surface area (Å²) in [5.74, 6) is -0.296. The van der Waals surface area contributed by atoms with E-state index in [2.05, 4.69) is 32.6 Å². The Bertz CT molecular complexity index is 187. The van der Waals surface area contributed by atoms with Gasteiger partial charge in [0.05, 0.1) is 12.7 Å². The SMILES string of the molecule is COC(=O)[C@@H]1C[C@@](O)(CI)CN1. The first-order chi connectivity index (χ1) is 5.61. The Balaban J connectivity index is 2.50.